The van der Waals surface area contributed by atoms with Gasteiger partial charge < -0.3 is 10.2 Å². The summed E-state index contributed by atoms with van der Waals surface area (Å²) in [4.78, 5) is 14.2. The molecule has 3 rings (SSSR count). The molecule has 7 nitrogen and oxygen atoms in total. The first-order chi connectivity index (χ1) is 11.4. The largest absolute Gasteiger partial charge is 0.337 e. The van der Waals surface area contributed by atoms with E-state index in [2.05, 4.69) is 29.4 Å². The fourth-order valence-corrected chi connectivity index (χ4v) is 3.74. The number of aromatic nitrogens is 4. The monoisotopic (exact) mass is 330 g/mol. The van der Waals surface area contributed by atoms with E-state index in [0.29, 0.717) is 6.42 Å². The molecule has 2 aromatic rings. The van der Waals surface area contributed by atoms with Crippen molar-refractivity contribution in [2.75, 3.05) is 7.05 Å². The fraction of sp³-hybridized carbons (Fsp3) is 0.588. The summed E-state index contributed by atoms with van der Waals surface area (Å²) in [7, 11) is 3.84. The number of amides is 1. The first kappa shape index (κ1) is 16.7. The first-order valence-electron chi connectivity index (χ1n) is 8.37. The number of rotatable bonds is 5. The summed E-state index contributed by atoms with van der Waals surface area (Å²) in [6.07, 6.45) is 4.25. The van der Waals surface area contributed by atoms with Gasteiger partial charge in [0.15, 0.2) is 0 Å². The van der Waals surface area contributed by atoms with E-state index in [1.54, 1.807) is 6.20 Å². The number of carbonyl (C=O) groups is 1. The van der Waals surface area contributed by atoms with Gasteiger partial charge in [0.05, 0.1) is 18.3 Å². The van der Waals surface area contributed by atoms with Crippen LogP contribution in [0.1, 0.15) is 36.3 Å². The number of hydrogen-bond acceptors (Lipinski definition) is 4. The summed E-state index contributed by atoms with van der Waals surface area (Å²) in [6, 6.07) is 2.24. The summed E-state index contributed by atoms with van der Waals surface area (Å²) in [5, 5.41) is 12.4. The minimum atomic E-state index is 0.0197. The molecule has 0 aliphatic carbocycles. The average molecular weight is 330 g/mol. The Labute approximate surface area is 142 Å². The van der Waals surface area contributed by atoms with E-state index in [4.69, 9.17) is 0 Å². The molecule has 1 N–H and O–H groups in total. The first-order valence-corrected chi connectivity index (χ1v) is 8.37. The van der Waals surface area contributed by atoms with Gasteiger partial charge in [-0.3, -0.25) is 14.2 Å². The topological polar surface area (TPSA) is 68.0 Å². The van der Waals surface area contributed by atoms with Gasteiger partial charge in [0.25, 0.3) is 0 Å². The Hall–Kier alpha value is -2.15. The Morgan fingerprint density at radius 2 is 2.12 bits per heavy atom. The van der Waals surface area contributed by atoms with Gasteiger partial charge in [0, 0.05) is 56.3 Å². The van der Waals surface area contributed by atoms with Gasteiger partial charge in [0.2, 0.25) is 5.91 Å². The van der Waals surface area contributed by atoms with Crippen molar-refractivity contribution in [2.45, 2.75) is 51.9 Å². The minimum absolute atomic E-state index is 0.0197. The van der Waals surface area contributed by atoms with Gasteiger partial charge in [-0.2, -0.15) is 10.2 Å². The number of likely N-dealkylation sites (N-methyl/N-ethyl adjacent to an activating group) is 1. The lowest BCUT2D eigenvalue weighted by Gasteiger charge is -2.28. The predicted octanol–water partition coefficient (Wildman–Crippen LogP) is 1.18. The van der Waals surface area contributed by atoms with Gasteiger partial charge in [-0.1, -0.05) is 0 Å². The zero-order valence-corrected chi connectivity index (χ0v) is 15.0. The van der Waals surface area contributed by atoms with Gasteiger partial charge in [-0.05, 0) is 26.8 Å². The zero-order valence-electron chi connectivity index (χ0n) is 15.0. The van der Waals surface area contributed by atoms with Crippen LogP contribution in [0, 0.1) is 13.8 Å². The Balaban J connectivity index is 1.81. The van der Waals surface area contributed by atoms with E-state index in [1.807, 2.05) is 47.5 Å². The Kier molecular flexibility index (Phi) is 4.45. The van der Waals surface area contributed by atoms with Crippen LogP contribution in [-0.4, -0.2) is 49.5 Å². The summed E-state index contributed by atoms with van der Waals surface area (Å²) in [5.41, 5.74) is 3.27. The summed E-state index contributed by atoms with van der Waals surface area (Å²) >= 11 is 0. The van der Waals surface area contributed by atoms with Crippen molar-refractivity contribution in [3.8, 4) is 0 Å². The molecule has 0 bridgehead atoms. The highest BCUT2D eigenvalue weighted by Gasteiger charge is 2.41. The SMILES string of the molecule is Cc1nn(C)c(C)c1[C@H]1[C@H](NC(C)Cn2cccn2)CC(=O)N1C. The maximum atomic E-state index is 12.3. The van der Waals surface area contributed by atoms with Crippen LogP contribution in [0.2, 0.25) is 0 Å². The van der Waals surface area contributed by atoms with Crippen LogP contribution in [0.3, 0.4) is 0 Å². The predicted molar refractivity (Wildman–Crippen MR) is 91.4 cm³/mol. The normalized spacial score (nSPS) is 22.4. The van der Waals surface area contributed by atoms with Crippen molar-refractivity contribution < 1.29 is 4.79 Å². The molecular weight excluding hydrogens is 304 g/mol. The molecular formula is C17H26N6O. The van der Waals surface area contributed by atoms with Gasteiger partial charge in [0.1, 0.15) is 0 Å². The van der Waals surface area contributed by atoms with Gasteiger partial charge in [-0.25, -0.2) is 0 Å². The highest BCUT2D eigenvalue weighted by atomic mass is 16.2. The number of carbonyl (C=O) groups excluding carboxylic acids is 1. The molecule has 7 heteroatoms. The second kappa shape index (κ2) is 6.39. The smallest absolute Gasteiger partial charge is 0.224 e. The van der Waals surface area contributed by atoms with Crippen molar-refractivity contribution >= 4 is 5.91 Å². The Bertz CT molecular complexity index is 720. The lowest BCUT2D eigenvalue weighted by atomic mass is 9.97. The molecule has 0 aromatic carbocycles. The molecule has 1 aliphatic rings. The van der Waals surface area contributed by atoms with Crippen molar-refractivity contribution in [2.24, 2.45) is 7.05 Å². The summed E-state index contributed by atoms with van der Waals surface area (Å²) in [6.45, 7) is 6.99. The van der Waals surface area contributed by atoms with Crippen LogP contribution in [0.25, 0.3) is 0 Å². The quantitative estimate of drug-likeness (QED) is 0.894. The number of aryl methyl sites for hydroxylation is 2. The average Bonchev–Trinajstić information content (AvgIpc) is 3.16. The molecule has 1 amide bonds. The molecule has 130 valence electrons. The Morgan fingerprint density at radius 1 is 1.38 bits per heavy atom. The second-order valence-corrected chi connectivity index (χ2v) is 6.76. The maximum Gasteiger partial charge on any atom is 0.224 e. The lowest BCUT2D eigenvalue weighted by molar-refractivity contribution is -0.127. The van der Waals surface area contributed by atoms with Crippen molar-refractivity contribution in [1.82, 2.24) is 29.8 Å². The standard InChI is InChI=1S/C17H26N6O/c1-11(10-23-8-6-7-18-23)19-14-9-15(24)21(4)17(14)16-12(2)20-22(5)13(16)3/h6-8,11,14,17,19H,9-10H2,1-5H3/t11?,14-,17-/m1/s1. The molecule has 0 radical (unpaired) electrons. The van der Waals surface area contributed by atoms with E-state index in [0.717, 1.165) is 23.5 Å². The molecule has 1 saturated heterocycles. The van der Waals surface area contributed by atoms with E-state index >= 15 is 0 Å². The molecule has 3 heterocycles. The molecule has 2 aromatic heterocycles. The van der Waals surface area contributed by atoms with E-state index < -0.39 is 0 Å². The van der Waals surface area contributed by atoms with Gasteiger partial charge >= 0.3 is 0 Å². The van der Waals surface area contributed by atoms with Crippen molar-refractivity contribution in [3.05, 3.63) is 35.4 Å². The van der Waals surface area contributed by atoms with Crippen LogP contribution in [0.4, 0.5) is 0 Å². The number of nitrogens with zero attached hydrogens (tertiary/aromatic N) is 5. The van der Waals surface area contributed by atoms with Crippen LogP contribution in [-0.2, 0) is 18.4 Å². The molecule has 1 fully saturated rings. The third kappa shape index (κ3) is 2.96. The third-order valence-electron chi connectivity index (χ3n) is 4.97. The minimum Gasteiger partial charge on any atom is -0.337 e. The zero-order chi connectivity index (χ0) is 17.4. The third-order valence-corrected chi connectivity index (χ3v) is 4.97. The highest BCUT2D eigenvalue weighted by Crippen LogP contribution is 2.35. The van der Waals surface area contributed by atoms with E-state index in [-0.39, 0.29) is 24.0 Å². The summed E-state index contributed by atoms with van der Waals surface area (Å²) < 4.78 is 3.80. The number of likely N-dealkylation sites (tertiary alicyclic amines) is 1. The number of nitrogens with one attached hydrogen (secondary N) is 1. The van der Waals surface area contributed by atoms with Crippen LogP contribution >= 0.6 is 0 Å². The molecule has 24 heavy (non-hydrogen) atoms. The van der Waals surface area contributed by atoms with E-state index in [1.165, 1.54) is 0 Å². The Morgan fingerprint density at radius 3 is 2.71 bits per heavy atom. The maximum absolute atomic E-state index is 12.3. The highest BCUT2D eigenvalue weighted by molar-refractivity contribution is 5.80. The second-order valence-electron chi connectivity index (χ2n) is 6.76. The lowest BCUT2D eigenvalue weighted by Crippen LogP contribution is -2.42. The number of hydrogen-bond donors (Lipinski definition) is 1. The molecule has 1 aliphatic heterocycles. The summed E-state index contributed by atoms with van der Waals surface area (Å²) in [5.74, 6) is 0.173. The molecule has 3 atom stereocenters. The van der Waals surface area contributed by atoms with Crippen molar-refractivity contribution in [3.63, 3.8) is 0 Å². The molecule has 0 spiro atoms. The van der Waals surface area contributed by atoms with Crippen LogP contribution in [0.5, 0.6) is 0 Å². The van der Waals surface area contributed by atoms with Crippen LogP contribution < -0.4 is 5.32 Å². The fourth-order valence-electron chi connectivity index (χ4n) is 3.74. The van der Waals surface area contributed by atoms with Gasteiger partial charge in [-0.15, -0.1) is 0 Å². The van der Waals surface area contributed by atoms with E-state index in [9.17, 15) is 4.79 Å². The molecule has 1 unspecified atom stereocenters. The van der Waals surface area contributed by atoms with Crippen LogP contribution in [0.15, 0.2) is 18.5 Å². The molecule has 0 saturated carbocycles. The van der Waals surface area contributed by atoms with Crippen molar-refractivity contribution in [1.29, 1.82) is 0 Å².